The maximum Gasteiger partial charge on any atom is 0.258 e. The van der Waals surface area contributed by atoms with Crippen LogP contribution in [0, 0.1) is 0 Å². The molecule has 5 rings (SSSR count). The molecule has 2 aliphatic rings. The van der Waals surface area contributed by atoms with Gasteiger partial charge >= 0.3 is 0 Å². The van der Waals surface area contributed by atoms with Gasteiger partial charge in [-0.15, -0.1) is 0 Å². The van der Waals surface area contributed by atoms with Crippen LogP contribution in [0.25, 0.3) is 11.0 Å². The Morgan fingerprint density at radius 3 is 2.71 bits per heavy atom. The van der Waals surface area contributed by atoms with E-state index in [0.29, 0.717) is 58.9 Å². The van der Waals surface area contributed by atoms with Crippen LogP contribution in [0.4, 0.5) is 0 Å². The maximum atomic E-state index is 12.9. The van der Waals surface area contributed by atoms with Gasteiger partial charge in [-0.3, -0.25) is 9.59 Å². The van der Waals surface area contributed by atoms with Gasteiger partial charge in [-0.1, -0.05) is 11.6 Å². The van der Waals surface area contributed by atoms with Crippen molar-refractivity contribution in [3.05, 3.63) is 52.5 Å². The van der Waals surface area contributed by atoms with Gasteiger partial charge in [0.25, 0.3) is 11.8 Å². The number of nitrogens with zero attached hydrogens (tertiary/aromatic N) is 3. The second-order valence-electron chi connectivity index (χ2n) is 7.01. The molecule has 3 aromatic rings. The van der Waals surface area contributed by atoms with Crippen molar-refractivity contribution in [1.82, 2.24) is 25.6 Å². The number of hydrogen-bond acceptors (Lipinski definition) is 5. The molecule has 8 nitrogen and oxygen atoms in total. The number of hydrogen-bond donors (Lipinski definition) is 2. The summed E-state index contributed by atoms with van der Waals surface area (Å²) in [7, 11) is 0. The first kappa shape index (κ1) is 17.0. The zero-order valence-corrected chi connectivity index (χ0v) is 15.5. The van der Waals surface area contributed by atoms with E-state index in [2.05, 4.69) is 20.7 Å². The minimum absolute atomic E-state index is 0.0749. The minimum atomic E-state index is -0.801. The van der Waals surface area contributed by atoms with E-state index in [4.69, 9.17) is 16.3 Å². The summed E-state index contributed by atoms with van der Waals surface area (Å²) in [6.45, 7) is 0.942. The van der Waals surface area contributed by atoms with Crippen molar-refractivity contribution in [3.8, 4) is 5.75 Å². The van der Waals surface area contributed by atoms with Gasteiger partial charge in [0.2, 0.25) is 0 Å². The molecule has 1 saturated heterocycles. The zero-order valence-electron chi connectivity index (χ0n) is 14.7. The number of H-pyrrole nitrogens is 1. The number of ether oxygens (including phenoxy) is 1. The van der Waals surface area contributed by atoms with Gasteiger partial charge in [0, 0.05) is 36.5 Å². The lowest BCUT2D eigenvalue weighted by molar-refractivity contribution is -0.0245. The molecule has 0 aliphatic carbocycles. The molecule has 9 heteroatoms. The molecule has 0 bridgehead atoms. The Labute approximate surface area is 164 Å². The Hall–Kier alpha value is -3.13. The summed E-state index contributed by atoms with van der Waals surface area (Å²) < 4.78 is 6.12. The SMILES string of the molecule is O=C1NC2(CCN(C(=O)c3ccc4n[nH]nc4c3)CC2)Oc2ccc(Cl)cc21. The van der Waals surface area contributed by atoms with Gasteiger partial charge < -0.3 is 15.0 Å². The first-order valence-corrected chi connectivity index (χ1v) is 9.32. The van der Waals surface area contributed by atoms with E-state index >= 15 is 0 Å². The van der Waals surface area contributed by atoms with E-state index in [0.717, 1.165) is 0 Å². The number of amides is 2. The number of piperidine rings is 1. The number of nitrogens with one attached hydrogen (secondary N) is 2. The Kier molecular flexibility index (Phi) is 3.77. The Morgan fingerprint density at radius 1 is 1.11 bits per heavy atom. The Bertz CT molecular complexity index is 1100. The fraction of sp³-hybridized carbons (Fsp3) is 0.263. The van der Waals surface area contributed by atoms with Gasteiger partial charge in [0.1, 0.15) is 16.8 Å². The lowest BCUT2D eigenvalue weighted by atomic mass is 9.96. The number of halogens is 1. The van der Waals surface area contributed by atoms with Gasteiger partial charge in [-0.05, 0) is 36.4 Å². The van der Waals surface area contributed by atoms with Gasteiger partial charge in [0.05, 0.1) is 5.56 Å². The fourth-order valence-electron chi connectivity index (χ4n) is 3.73. The summed E-state index contributed by atoms with van der Waals surface area (Å²) in [5.74, 6) is 0.235. The quantitative estimate of drug-likeness (QED) is 0.656. The van der Waals surface area contributed by atoms with Crippen molar-refractivity contribution < 1.29 is 14.3 Å². The maximum absolute atomic E-state index is 12.9. The van der Waals surface area contributed by atoms with Crippen molar-refractivity contribution in [2.24, 2.45) is 0 Å². The lowest BCUT2D eigenvalue weighted by Crippen LogP contribution is -2.61. The molecule has 2 aliphatic heterocycles. The number of benzene rings is 2. The summed E-state index contributed by atoms with van der Waals surface area (Å²) in [6, 6.07) is 10.2. The topological polar surface area (TPSA) is 100 Å². The van der Waals surface area contributed by atoms with Crippen molar-refractivity contribution in [3.63, 3.8) is 0 Å². The van der Waals surface area contributed by atoms with E-state index < -0.39 is 5.72 Å². The van der Waals surface area contributed by atoms with Crippen molar-refractivity contribution in [1.29, 1.82) is 0 Å². The third kappa shape index (κ3) is 2.77. The summed E-state index contributed by atoms with van der Waals surface area (Å²) in [6.07, 6.45) is 0.998. The number of rotatable bonds is 1. The summed E-state index contributed by atoms with van der Waals surface area (Å²) >= 11 is 5.97. The fourth-order valence-corrected chi connectivity index (χ4v) is 3.90. The van der Waals surface area contributed by atoms with Gasteiger partial charge in [-0.2, -0.15) is 15.4 Å². The third-order valence-corrected chi connectivity index (χ3v) is 5.49. The monoisotopic (exact) mass is 397 g/mol. The van der Waals surface area contributed by atoms with Crippen molar-refractivity contribution >= 4 is 34.4 Å². The third-order valence-electron chi connectivity index (χ3n) is 5.25. The molecule has 1 aromatic heterocycles. The largest absolute Gasteiger partial charge is 0.467 e. The number of carbonyl (C=O) groups is 2. The second-order valence-corrected chi connectivity index (χ2v) is 7.45. The van der Waals surface area contributed by atoms with Crippen LogP contribution in [0.15, 0.2) is 36.4 Å². The highest BCUT2D eigenvalue weighted by Gasteiger charge is 2.43. The van der Waals surface area contributed by atoms with E-state index in [9.17, 15) is 9.59 Å². The Balaban J connectivity index is 1.32. The number of aromatic nitrogens is 3. The van der Waals surface area contributed by atoms with Crippen LogP contribution in [-0.2, 0) is 0 Å². The van der Waals surface area contributed by atoms with Crippen molar-refractivity contribution in [2.45, 2.75) is 18.6 Å². The normalized spacial score (nSPS) is 17.9. The van der Waals surface area contributed by atoms with Crippen LogP contribution in [0.5, 0.6) is 5.75 Å². The predicted octanol–water partition coefficient (Wildman–Crippen LogP) is 2.37. The van der Waals surface area contributed by atoms with Gasteiger partial charge in [0.15, 0.2) is 5.72 Å². The van der Waals surface area contributed by atoms with Crippen LogP contribution in [0.2, 0.25) is 5.02 Å². The molecule has 28 heavy (non-hydrogen) atoms. The molecule has 0 atom stereocenters. The lowest BCUT2D eigenvalue weighted by Gasteiger charge is -2.44. The Morgan fingerprint density at radius 2 is 1.89 bits per heavy atom. The first-order valence-electron chi connectivity index (χ1n) is 8.94. The average molecular weight is 398 g/mol. The van der Waals surface area contributed by atoms with Gasteiger partial charge in [-0.25, -0.2) is 0 Å². The number of carbonyl (C=O) groups excluding carboxylic acids is 2. The minimum Gasteiger partial charge on any atom is -0.467 e. The summed E-state index contributed by atoms with van der Waals surface area (Å²) in [4.78, 5) is 27.1. The summed E-state index contributed by atoms with van der Waals surface area (Å²) in [5, 5.41) is 14.0. The highest BCUT2D eigenvalue weighted by Crippen LogP contribution is 2.35. The zero-order chi connectivity index (χ0) is 19.3. The molecule has 1 fully saturated rings. The van der Waals surface area contributed by atoms with E-state index in [1.54, 1.807) is 41.3 Å². The number of fused-ring (bicyclic) bond motifs is 2. The van der Waals surface area contributed by atoms with Crippen LogP contribution >= 0.6 is 11.6 Å². The molecule has 3 heterocycles. The average Bonchev–Trinajstić information content (AvgIpc) is 3.17. The molecular formula is C19H16ClN5O3. The van der Waals surface area contributed by atoms with Crippen molar-refractivity contribution in [2.75, 3.05) is 13.1 Å². The predicted molar refractivity (Wildman–Crippen MR) is 101 cm³/mol. The van der Waals surface area contributed by atoms with E-state index in [-0.39, 0.29) is 11.8 Å². The first-order chi connectivity index (χ1) is 13.5. The molecule has 1 spiro atoms. The molecule has 2 amide bonds. The van der Waals surface area contributed by atoms with E-state index in [1.807, 2.05) is 0 Å². The smallest absolute Gasteiger partial charge is 0.258 e. The molecule has 0 saturated carbocycles. The highest BCUT2D eigenvalue weighted by atomic mass is 35.5. The molecular weight excluding hydrogens is 382 g/mol. The highest BCUT2D eigenvalue weighted by molar-refractivity contribution is 6.31. The second kappa shape index (κ2) is 6.20. The van der Waals surface area contributed by atoms with Crippen LogP contribution in [0.1, 0.15) is 33.6 Å². The van der Waals surface area contributed by atoms with E-state index in [1.165, 1.54) is 0 Å². The molecule has 0 unspecified atom stereocenters. The molecule has 0 radical (unpaired) electrons. The number of aromatic amines is 1. The van der Waals surface area contributed by atoms with Crippen LogP contribution < -0.4 is 10.1 Å². The molecule has 2 aromatic carbocycles. The summed E-state index contributed by atoms with van der Waals surface area (Å²) in [5.41, 5.74) is 1.55. The van der Waals surface area contributed by atoms with Crippen LogP contribution in [0.3, 0.4) is 0 Å². The molecule has 142 valence electrons. The standard InChI is InChI=1S/C19H16ClN5O3/c20-12-2-4-16-13(10-12)17(26)21-19(28-16)5-7-25(8-6-19)18(27)11-1-3-14-15(9-11)23-24-22-14/h1-4,9-10H,5-8H2,(H,21,26)(H,22,23,24). The van der Waals surface area contributed by atoms with Crippen LogP contribution in [-0.4, -0.2) is 50.9 Å². The molecule has 2 N–H and O–H groups in total. The number of likely N-dealkylation sites (tertiary alicyclic amines) is 1.